The quantitative estimate of drug-likeness (QED) is 0.887. The minimum absolute atomic E-state index is 0.0846. The Bertz CT molecular complexity index is 419. The molecule has 94 valence electrons. The van der Waals surface area contributed by atoms with Crippen LogP contribution < -0.4 is 10.2 Å². The van der Waals surface area contributed by atoms with Crippen molar-refractivity contribution in [3.63, 3.8) is 0 Å². The maximum absolute atomic E-state index is 11.8. The zero-order valence-electron chi connectivity index (χ0n) is 10.3. The number of carbonyl (C=O) groups is 1. The van der Waals surface area contributed by atoms with Gasteiger partial charge in [-0.3, -0.25) is 4.90 Å². The molecule has 0 bridgehead atoms. The maximum atomic E-state index is 11.8. The number of likely N-dealkylation sites (N-methyl/N-ethyl adjacent to an activating group) is 1. The van der Waals surface area contributed by atoms with Crippen LogP contribution in [0.4, 0.5) is 10.6 Å². The first-order valence-corrected chi connectivity index (χ1v) is 6.56. The van der Waals surface area contributed by atoms with Gasteiger partial charge >= 0.3 is 6.09 Å². The standard InChI is InChI=1S/C11H17N3O2S/c1-4-9-13-10(7(2)17-9)14-6-8(5-12-3)16-11(14)15/h8,12H,4-6H2,1-3H3. The first-order chi connectivity index (χ1) is 8.15. The molecular formula is C11H17N3O2S. The summed E-state index contributed by atoms with van der Waals surface area (Å²) < 4.78 is 5.26. The molecule has 1 unspecified atom stereocenters. The fourth-order valence-electron chi connectivity index (χ4n) is 1.87. The molecule has 0 spiro atoms. The van der Waals surface area contributed by atoms with E-state index in [2.05, 4.69) is 17.2 Å². The lowest BCUT2D eigenvalue weighted by molar-refractivity contribution is 0.141. The Morgan fingerprint density at radius 2 is 2.41 bits per heavy atom. The van der Waals surface area contributed by atoms with Gasteiger partial charge in [-0.2, -0.15) is 0 Å². The minimum atomic E-state index is -0.290. The summed E-state index contributed by atoms with van der Waals surface area (Å²) >= 11 is 1.64. The summed E-state index contributed by atoms with van der Waals surface area (Å²) in [6.45, 7) is 5.30. The second kappa shape index (κ2) is 5.01. The lowest BCUT2D eigenvalue weighted by Gasteiger charge is -2.10. The van der Waals surface area contributed by atoms with Crippen LogP contribution >= 0.6 is 11.3 Å². The van der Waals surface area contributed by atoms with Crippen LogP contribution in [0.5, 0.6) is 0 Å². The summed E-state index contributed by atoms with van der Waals surface area (Å²) in [5.41, 5.74) is 0. The van der Waals surface area contributed by atoms with Gasteiger partial charge in [0.05, 0.1) is 11.6 Å². The van der Waals surface area contributed by atoms with Gasteiger partial charge in [-0.05, 0) is 20.4 Å². The Morgan fingerprint density at radius 1 is 1.65 bits per heavy atom. The highest BCUT2D eigenvalue weighted by Gasteiger charge is 2.34. The average molecular weight is 255 g/mol. The van der Waals surface area contributed by atoms with Crippen molar-refractivity contribution in [3.05, 3.63) is 9.88 Å². The monoisotopic (exact) mass is 255 g/mol. The highest BCUT2D eigenvalue weighted by molar-refractivity contribution is 7.12. The number of carbonyl (C=O) groups excluding carboxylic acids is 1. The summed E-state index contributed by atoms with van der Waals surface area (Å²) in [6.07, 6.45) is 0.522. The van der Waals surface area contributed by atoms with Crippen molar-refractivity contribution in [2.75, 3.05) is 25.0 Å². The molecule has 1 N–H and O–H groups in total. The van der Waals surface area contributed by atoms with E-state index in [0.29, 0.717) is 13.1 Å². The van der Waals surface area contributed by atoms with Gasteiger partial charge in [0.1, 0.15) is 6.10 Å². The van der Waals surface area contributed by atoms with Crippen LogP contribution in [-0.2, 0) is 11.2 Å². The van der Waals surface area contributed by atoms with Gasteiger partial charge in [0, 0.05) is 11.4 Å². The fourth-order valence-corrected chi connectivity index (χ4v) is 2.75. The van der Waals surface area contributed by atoms with Gasteiger partial charge in [0.2, 0.25) is 0 Å². The molecule has 1 saturated heterocycles. The van der Waals surface area contributed by atoms with Crippen molar-refractivity contribution < 1.29 is 9.53 Å². The normalized spacial score (nSPS) is 19.8. The molecule has 0 radical (unpaired) electrons. The predicted octanol–water partition coefficient (Wildman–Crippen LogP) is 1.56. The minimum Gasteiger partial charge on any atom is -0.443 e. The van der Waals surface area contributed by atoms with Gasteiger partial charge in [-0.1, -0.05) is 6.92 Å². The first-order valence-electron chi connectivity index (χ1n) is 5.74. The first kappa shape index (κ1) is 12.3. The molecule has 0 aliphatic carbocycles. The lowest BCUT2D eigenvalue weighted by Crippen LogP contribution is -2.29. The molecule has 1 aromatic rings. The van der Waals surface area contributed by atoms with E-state index < -0.39 is 0 Å². The zero-order valence-corrected chi connectivity index (χ0v) is 11.1. The van der Waals surface area contributed by atoms with Crippen molar-refractivity contribution in [1.82, 2.24) is 10.3 Å². The second-order valence-corrected chi connectivity index (χ2v) is 5.30. The maximum Gasteiger partial charge on any atom is 0.416 e. The van der Waals surface area contributed by atoms with Gasteiger partial charge in [-0.15, -0.1) is 11.3 Å². The Morgan fingerprint density at radius 3 is 3.00 bits per heavy atom. The molecule has 6 heteroatoms. The van der Waals surface area contributed by atoms with Crippen LogP contribution in [0.3, 0.4) is 0 Å². The summed E-state index contributed by atoms with van der Waals surface area (Å²) in [4.78, 5) is 18.9. The van der Waals surface area contributed by atoms with E-state index in [-0.39, 0.29) is 12.2 Å². The van der Waals surface area contributed by atoms with Crippen LogP contribution in [-0.4, -0.2) is 37.3 Å². The summed E-state index contributed by atoms with van der Waals surface area (Å²) in [7, 11) is 1.85. The van der Waals surface area contributed by atoms with Crippen LogP contribution in [0.25, 0.3) is 0 Å². The molecule has 5 nitrogen and oxygen atoms in total. The number of hydrogen-bond donors (Lipinski definition) is 1. The molecule has 0 aromatic carbocycles. The van der Waals surface area contributed by atoms with Gasteiger partial charge in [0.15, 0.2) is 5.82 Å². The highest BCUT2D eigenvalue weighted by atomic mass is 32.1. The van der Waals surface area contributed by atoms with E-state index in [1.807, 2.05) is 14.0 Å². The topological polar surface area (TPSA) is 54.5 Å². The van der Waals surface area contributed by atoms with E-state index in [9.17, 15) is 4.79 Å². The molecule has 1 aromatic heterocycles. The molecule has 1 aliphatic rings. The molecule has 17 heavy (non-hydrogen) atoms. The molecular weight excluding hydrogens is 238 g/mol. The van der Waals surface area contributed by atoms with E-state index in [1.54, 1.807) is 16.2 Å². The summed E-state index contributed by atoms with van der Waals surface area (Å²) in [5, 5.41) is 4.07. The summed E-state index contributed by atoms with van der Waals surface area (Å²) in [5.74, 6) is 0.760. The van der Waals surface area contributed by atoms with Gasteiger partial charge in [-0.25, -0.2) is 9.78 Å². The number of thiazole rings is 1. The van der Waals surface area contributed by atoms with E-state index >= 15 is 0 Å². The number of hydrogen-bond acceptors (Lipinski definition) is 5. The third kappa shape index (κ3) is 2.42. The molecule has 1 fully saturated rings. The fraction of sp³-hybridized carbons (Fsp3) is 0.636. The lowest BCUT2D eigenvalue weighted by atomic mass is 10.3. The van der Waals surface area contributed by atoms with Crippen molar-refractivity contribution in [2.45, 2.75) is 26.4 Å². The van der Waals surface area contributed by atoms with Crippen molar-refractivity contribution in [1.29, 1.82) is 0 Å². The Kier molecular flexibility index (Phi) is 3.63. The number of aryl methyl sites for hydroxylation is 2. The van der Waals surface area contributed by atoms with E-state index in [1.165, 1.54) is 0 Å². The Balaban J connectivity index is 2.16. The smallest absolute Gasteiger partial charge is 0.416 e. The van der Waals surface area contributed by atoms with Crippen LogP contribution in [0, 0.1) is 6.92 Å². The Labute approximate surface area is 105 Å². The molecule has 1 atom stereocenters. The molecule has 2 heterocycles. The SMILES string of the molecule is CCc1nc(N2CC(CNC)OC2=O)c(C)s1. The number of rotatable bonds is 4. The van der Waals surface area contributed by atoms with Crippen LogP contribution in [0.2, 0.25) is 0 Å². The van der Waals surface area contributed by atoms with Crippen molar-refractivity contribution in [2.24, 2.45) is 0 Å². The number of cyclic esters (lactones) is 1. The van der Waals surface area contributed by atoms with Crippen LogP contribution in [0.15, 0.2) is 0 Å². The predicted molar refractivity (Wildman–Crippen MR) is 67.8 cm³/mol. The third-order valence-electron chi connectivity index (χ3n) is 2.68. The van der Waals surface area contributed by atoms with Crippen LogP contribution in [0.1, 0.15) is 16.8 Å². The number of amides is 1. The number of aromatic nitrogens is 1. The van der Waals surface area contributed by atoms with Crippen molar-refractivity contribution >= 4 is 23.2 Å². The highest BCUT2D eigenvalue weighted by Crippen LogP contribution is 2.29. The number of anilines is 1. The zero-order chi connectivity index (χ0) is 12.4. The van der Waals surface area contributed by atoms with Gasteiger partial charge in [0.25, 0.3) is 0 Å². The average Bonchev–Trinajstić information content (AvgIpc) is 2.82. The molecule has 1 aliphatic heterocycles. The summed E-state index contributed by atoms with van der Waals surface area (Å²) in [6, 6.07) is 0. The second-order valence-electron chi connectivity index (χ2n) is 4.02. The molecule has 1 amide bonds. The van der Waals surface area contributed by atoms with E-state index in [4.69, 9.17) is 4.74 Å². The molecule has 0 saturated carbocycles. The number of nitrogens with one attached hydrogen (secondary N) is 1. The number of nitrogens with zero attached hydrogens (tertiary/aromatic N) is 2. The third-order valence-corrected chi connectivity index (χ3v) is 3.78. The molecule has 2 rings (SSSR count). The Hall–Kier alpha value is -1.14. The van der Waals surface area contributed by atoms with E-state index in [0.717, 1.165) is 22.1 Å². The largest absolute Gasteiger partial charge is 0.443 e. The van der Waals surface area contributed by atoms with Gasteiger partial charge < -0.3 is 10.1 Å². The number of ether oxygens (including phenoxy) is 1. The van der Waals surface area contributed by atoms with Crippen molar-refractivity contribution in [3.8, 4) is 0 Å².